The zero-order chi connectivity index (χ0) is 21.3. The Balaban J connectivity index is 1.38. The van der Waals surface area contributed by atoms with E-state index in [0.29, 0.717) is 42.7 Å². The number of carbonyl (C=O) groups excluding carboxylic acids is 1. The fourth-order valence-corrected chi connectivity index (χ4v) is 4.89. The van der Waals surface area contributed by atoms with Gasteiger partial charge in [0, 0.05) is 31.1 Å². The molecular formula is C25H30FNO3. The molecule has 160 valence electrons. The summed E-state index contributed by atoms with van der Waals surface area (Å²) in [6.45, 7) is 4.39. The first-order chi connectivity index (χ1) is 14.4. The standard InChI is InChI=1S/C25H30FNO3/c1-17-5-4-6-18(11-17)16-27-9-7-25(26,8-10-27)15-20-12-19-13-22(29-2)23(30-3)14-21(19)24(20)28/h4-6,11,13-14,20H,7-10,12,15-16H2,1-3H3. The van der Waals surface area contributed by atoms with Crippen molar-refractivity contribution in [2.45, 2.75) is 44.8 Å². The van der Waals surface area contributed by atoms with E-state index in [1.54, 1.807) is 20.3 Å². The van der Waals surface area contributed by atoms with Gasteiger partial charge >= 0.3 is 0 Å². The molecule has 0 aromatic heterocycles. The van der Waals surface area contributed by atoms with Crippen LogP contribution in [0.25, 0.3) is 0 Å². The third kappa shape index (κ3) is 4.22. The zero-order valence-corrected chi connectivity index (χ0v) is 18.0. The van der Waals surface area contributed by atoms with Gasteiger partial charge in [-0.15, -0.1) is 0 Å². The highest BCUT2D eigenvalue weighted by molar-refractivity contribution is 6.03. The minimum atomic E-state index is -1.28. The van der Waals surface area contributed by atoms with E-state index in [1.165, 1.54) is 11.1 Å². The SMILES string of the molecule is COc1cc2c(cc1OC)C(=O)C(CC1(F)CCN(Cc3cccc(C)c3)CC1)C2. The Morgan fingerprint density at radius 2 is 1.80 bits per heavy atom. The number of piperidine rings is 1. The summed E-state index contributed by atoms with van der Waals surface area (Å²) in [6, 6.07) is 12.1. The number of Topliss-reactive ketones (excluding diaryl/α,β-unsaturated/α-hetero) is 1. The van der Waals surface area contributed by atoms with Gasteiger partial charge in [0.05, 0.1) is 14.2 Å². The molecule has 0 saturated carbocycles. The van der Waals surface area contributed by atoms with Crippen LogP contribution in [0.2, 0.25) is 0 Å². The maximum absolute atomic E-state index is 15.7. The van der Waals surface area contributed by atoms with Crippen LogP contribution in [-0.2, 0) is 13.0 Å². The van der Waals surface area contributed by atoms with Gasteiger partial charge < -0.3 is 9.47 Å². The van der Waals surface area contributed by atoms with Gasteiger partial charge in [0.15, 0.2) is 17.3 Å². The summed E-state index contributed by atoms with van der Waals surface area (Å²) >= 11 is 0. The Morgan fingerprint density at radius 1 is 1.10 bits per heavy atom. The Kier molecular flexibility index (Phi) is 5.83. The van der Waals surface area contributed by atoms with Crippen LogP contribution in [0.5, 0.6) is 11.5 Å². The Bertz CT molecular complexity index is 934. The van der Waals surface area contributed by atoms with Gasteiger partial charge in [0.25, 0.3) is 0 Å². The van der Waals surface area contributed by atoms with Crippen molar-refractivity contribution in [2.75, 3.05) is 27.3 Å². The molecule has 1 aliphatic carbocycles. The van der Waals surface area contributed by atoms with Crippen LogP contribution in [0.1, 0.15) is 46.3 Å². The number of carbonyl (C=O) groups is 1. The van der Waals surface area contributed by atoms with Crippen molar-refractivity contribution in [1.82, 2.24) is 4.90 Å². The number of fused-ring (bicyclic) bond motifs is 1. The fourth-order valence-electron chi connectivity index (χ4n) is 4.89. The highest BCUT2D eigenvalue weighted by atomic mass is 19.1. The van der Waals surface area contributed by atoms with Gasteiger partial charge in [0.2, 0.25) is 0 Å². The van der Waals surface area contributed by atoms with E-state index in [2.05, 4.69) is 36.1 Å². The van der Waals surface area contributed by atoms with Crippen LogP contribution >= 0.6 is 0 Å². The van der Waals surface area contributed by atoms with E-state index in [0.717, 1.165) is 25.2 Å². The van der Waals surface area contributed by atoms with Crippen molar-refractivity contribution in [3.63, 3.8) is 0 Å². The first-order valence-electron chi connectivity index (χ1n) is 10.7. The number of aryl methyl sites for hydroxylation is 1. The van der Waals surface area contributed by atoms with Crippen molar-refractivity contribution in [2.24, 2.45) is 5.92 Å². The second-order valence-corrected chi connectivity index (χ2v) is 8.75. The highest BCUT2D eigenvalue weighted by Crippen LogP contribution is 2.42. The number of ether oxygens (including phenoxy) is 2. The predicted octanol–water partition coefficient (Wildman–Crippen LogP) is 4.76. The molecule has 1 unspecified atom stereocenters. The topological polar surface area (TPSA) is 38.8 Å². The molecule has 30 heavy (non-hydrogen) atoms. The molecule has 1 fully saturated rings. The van der Waals surface area contributed by atoms with Gasteiger partial charge in [-0.05, 0) is 55.9 Å². The number of hydrogen-bond acceptors (Lipinski definition) is 4. The van der Waals surface area contributed by atoms with Crippen molar-refractivity contribution >= 4 is 5.78 Å². The molecule has 5 heteroatoms. The number of benzene rings is 2. The number of hydrogen-bond donors (Lipinski definition) is 0. The second kappa shape index (κ2) is 8.38. The van der Waals surface area contributed by atoms with Gasteiger partial charge in [-0.2, -0.15) is 0 Å². The van der Waals surface area contributed by atoms with Gasteiger partial charge in [-0.25, -0.2) is 4.39 Å². The highest BCUT2D eigenvalue weighted by Gasteiger charge is 2.41. The monoisotopic (exact) mass is 411 g/mol. The van der Waals surface area contributed by atoms with Crippen LogP contribution in [0.15, 0.2) is 36.4 Å². The third-order valence-corrected chi connectivity index (χ3v) is 6.56. The summed E-state index contributed by atoms with van der Waals surface area (Å²) in [4.78, 5) is 15.3. The van der Waals surface area contributed by atoms with E-state index in [-0.39, 0.29) is 11.7 Å². The van der Waals surface area contributed by atoms with Crippen molar-refractivity contribution in [1.29, 1.82) is 0 Å². The first kappa shape index (κ1) is 20.9. The predicted molar refractivity (Wildman–Crippen MR) is 115 cm³/mol. The summed E-state index contributed by atoms with van der Waals surface area (Å²) in [5.41, 5.74) is 2.82. The molecule has 1 heterocycles. The lowest BCUT2D eigenvalue weighted by Crippen LogP contribution is -2.42. The van der Waals surface area contributed by atoms with Crippen molar-refractivity contribution in [3.8, 4) is 11.5 Å². The first-order valence-corrected chi connectivity index (χ1v) is 10.7. The fraction of sp³-hybridized carbons (Fsp3) is 0.480. The van der Waals surface area contributed by atoms with E-state index >= 15 is 4.39 Å². The molecule has 0 N–H and O–H groups in total. The molecule has 1 saturated heterocycles. The van der Waals surface area contributed by atoms with Gasteiger partial charge in [-0.3, -0.25) is 9.69 Å². The van der Waals surface area contributed by atoms with Crippen molar-refractivity contribution in [3.05, 3.63) is 58.7 Å². The third-order valence-electron chi connectivity index (χ3n) is 6.56. The maximum atomic E-state index is 15.7. The number of methoxy groups -OCH3 is 2. The Hall–Kier alpha value is -2.40. The quantitative estimate of drug-likeness (QED) is 0.687. The van der Waals surface area contributed by atoms with E-state index in [4.69, 9.17) is 9.47 Å². The minimum Gasteiger partial charge on any atom is -0.493 e. The number of rotatable bonds is 6. The molecule has 0 bridgehead atoms. The van der Waals surface area contributed by atoms with Crippen LogP contribution < -0.4 is 9.47 Å². The number of halogens is 1. The second-order valence-electron chi connectivity index (χ2n) is 8.75. The molecule has 4 rings (SSSR count). The van der Waals surface area contributed by atoms with Crippen molar-refractivity contribution < 1.29 is 18.7 Å². The largest absolute Gasteiger partial charge is 0.493 e. The summed E-state index contributed by atoms with van der Waals surface area (Å²) < 4.78 is 26.3. The molecular weight excluding hydrogens is 381 g/mol. The number of ketones is 1. The molecule has 1 atom stereocenters. The van der Waals surface area contributed by atoms with Gasteiger partial charge in [0.1, 0.15) is 5.67 Å². The number of likely N-dealkylation sites (tertiary alicyclic amines) is 1. The number of alkyl halides is 1. The Morgan fingerprint density at radius 3 is 2.47 bits per heavy atom. The van der Waals surface area contributed by atoms with Crippen LogP contribution in [0.4, 0.5) is 4.39 Å². The van der Waals surface area contributed by atoms with Crippen LogP contribution in [0, 0.1) is 12.8 Å². The minimum absolute atomic E-state index is 0.0326. The maximum Gasteiger partial charge on any atom is 0.166 e. The molecule has 4 nitrogen and oxygen atoms in total. The number of nitrogens with zero attached hydrogens (tertiary/aromatic N) is 1. The van der Waals surface area contributed by atoms with Gasteiger partial charge in [-0.1, -0.05) is 29.8 Å². The summed E-state index contributed by atoms with van der Waals surface area (Å²) in [5.74, 6) is 0.893. The summed E-state index contributed by atoms with van der Waals surface area (Å²) in [5, 5.41) is 0. The average molecular weight is 412 g/mol. The lowest BCUT2D eigenvalue weighted by atomic mass is 9.82. The lowest BCUT2D eigenvalue weighted by molar-refractivity contribution is 0.0336. The average Bonchev–Trinajstić information content (AvgIpc) is 3.03. The Labute approximate surface area is 178 Å². The molecule has 1 aliphatic heterocycles. The molecule has 2 aromatic carbocycles. The smallest absolute Gasteiger partial charge is 0.166 e. The van der Waals surface area contributed by atoms with E-state index in [1.807, 2.05) is 6.07 Å². The normalized spacial score (nSPS) is 20.8. The molecule has 0 amide bonds. The summed E-state index contributed by atoms with van der Waals surface area (Å²) in [6.07, 6.45) is 1.83. The molecule has 2 aliphatic rings. The van der Waals surface area contributed by atoms with Crippen LogP contribution in [-0.4, -0.2) is 43.7 Å². The molecule has 0 spiro atoms. The van der Waals surface area contributed by atoms with E-state index < -0.39 is 5.67 Å². The van der Waals surface area contributed by atoms with E-state index in [9.17, 15) is 4.79 Å². The lowest BCUT2D eigenvalue weighted by Gasteiger charge is -2.37. The molecule has 2 aromatic rings. The zero-order valence-electron chi connectivity index (χ0n) is 18.0. The molecule has 0 radical (unpaired) electrons. The van der Waals surface area contributed by atoms with Crippen LogP contribution in [0.3, 0.4) is 0 Å². The summed E-state index contributed by atoms with van der Waals surface area (Å²) in [7, 11) is 3.14.